The van der Waals surface area contributed by atoms with E-state index < -0.39 is 0 Å². The number of hydroxylamine groups is 1. The number of rotatable bonds is 0. The van der Waals surface area contributed by atoms with Crippen molar-refractivity contribution in [2.75, 3.05) is 13.1 Å². The zero-order valence-corrected chi connectivity index (χ0v) is 3.16. The average molecular weight is 86.1 g/mol. The smallest absolute Gasteiger partial charge is 0.176 e. The fraction of sp³-hybridized carbons (Fsp3) is 1.00. The van der Waals surface area contributed by atoms with Crippen LogP contribution in [0.1, 0.15) is 0 Å². The molecule has 0 spiro atoms. The highest BCUT2D eigenvalue weighted by atomic mass is 16.5. The average Bonchev–Trinajstić information content (AvgIpc) is 1.86. The highest BCUT2D eigenvalue weighted by molar-refractivity contribution is 4.61. The Labute approximate surface area is 35.0 Å². The maximum Gasteiger partial charge on any atom is 0.176 e. The molecule has 1 radical (unpaired) electrons. The summed E-state index contributed by atoms with van der Waals surface area (Å²) in [6.07, 6.45) is 0. The van der Waals surface area contributed by atoms with Crippen molar-refractivity contribution in [1.29, 1.82) is 0 Å². The molecular weight excluding hydrogens is 82.0 g/mol. The Balaban J connectivity index is 2.38. The summed E-state index contributed by atoms with van der Waals surface area (Å²) in [5.41, 5.74) is 0. The molecule has 4 heteroatoms. The van der Waals surface area contributed by atoms with Crippen LogP contribution in [0, 0.1) is 5.21 Å². The molecule has 0 bridgehead atoms. The lowest BCUT2D eigenvalue weighted by molar-refractivity contribution is 0.612. The predicted octanol–water partition coefficient (Wildman–Crippen LogP) is 0.00510. The van der Waals surface area contributed by atoms with Crippen molar-refractivity contribution in [1.82, 2.24) is 5.17 Å². The van der Waals surface area contributed by atoms with Gasteiger partial charge in [0.25, 0.3) is 0 Å². The summed E-state index contributed by atoms with van der Waals surface area (Å²) in [7, 11) is 0. The van der Waals surface area contributed by atoms with Crippen LogP contribution in [0.25, 0.3) is 0 Å². The molecule has 33 valence electrons. The van der Waals surface area contributed by atoms with Gasteiger partial charge in [-0.25, -0.2) is 0 Å². The van der Waals surface area contributed by atoms with Gasteiger partial charge in [-0.15, -0.1) is 5.11 Å². The molecule has 0 unspecified atom stereocenters. The molecule has 0 N–H and O–H groups in total. The monoisotopic (exact) mass is 86.0 g/mol. The Hall–Kier alpha value is -0.480. The highest BCUT2D eigenvalue weighted by Crippen LogP contribution is 1.89. The molecule has 0 aromatic carbocycles. The fourth-order valence-electron chi connectivity index (χ4n) is 0.290. The Morgan fingerprint density at radius 3 is 2.67 bits per heavy atom. The van der Waals surface area contributed by atoms with Crippen molar-refractivity contribution in [3.63, 3.8) is 0 Å². The first-order valence-corrected chi connectivity index (χ1v) is 1.72. The van der Waals surface area contributed by atoms with Gasteiger partial charge in [0.05, 0.1) is 5.22 Å². The fourth-order valence-corrected chi connectivity index (χ4v) is 0.290. The van der Waals surface area contributed by atoms with Gasteiger partial charge in [-0.05, 0) is 5.17 Å². The van der Waals surface area contributed by atoms with Crippen molar-refractivity contribution in [3.8, 4) is 0 Å². The Kier molecular flexibility index (Phi) is 0.813. The van der Waals surface area contributed by atoms with Gasteiger partial charge in [0.2, 0.25) is 0 Å². The normalized spacial score (nSPS) is 22.8. The van der Waals surface area contributed by atoms with E-state index in [9.17, 15) is 5.21 Å². The molecule has 0 saturated carbocycles. The molecule has 0 fully saturated rings. The molecule has 0 atom stereocenters. The van der Waals surface area contributed by atoms with Gasteiger partial charge in [0, 0.05) is 0 Å². The van der Waals surface area contributed by atoms with E-state index in [1.165, 1.54) is 0 Å². The Morgan fingerprint density at radius 1 is 1.67 bits per heavy atom. The van der Waals surface area contributed by atoms with Crippen LogP contribution in [0.2, 0.25) is 0 Å². The van der Waals surface area contributed by atoms with Crippen molar-refractivity contribution < 1.29 is 0 Å². The van der Waals surface area contributed by atoms with Crippen molar-refractivity contribution in [2.45, 2.75) is 0 Å². The first-order chi connectivity index (χ1) is 2.89. The lowest BCUT2D eigenvalue weighted by atomic mass is 10.7. The first-order valence-electron chi connectivity index (χ1n) is 1.72. The molecule has 0 aromatic heterocycles. The minimum atomic E-state index is 0.431. The van der Waals surface area contributed by atoms with Gasteiger partial charge < -0.3 is 5.21 Å². The minimum Gasteiger partial charge on any atom is -0.550 e. The predicted molar refractivity (Wildman–Crippen MR) is 20.1 cm³/mol. The third-order valence-electron chi connectivity index (χ3n) is 0.554. The molecule has 1 aliphatic rings. The van der Waals surface area contributed by atoms with Crippen LogP contribution in [0.5, 0.6) is 0 Å². The first kappa shape index (κ1) is 3.70. The van der Waals surface area contributed by atoms with Crippen LogP contribution in [0.4, 0.5) is 0 Å². The van der Waals surface area contributed by atoms with Crippen LogP contribution in [-0.2, 0) is 0 Å². The summed E-state index contributed by atoms with van der Waals surface area (Å²) in [4.78, 5) is 0. The SMILES string of the molecule is [O-][N+]1CCN=N1. The highest BCUT2D eigenvalue weighted by Gasteiger charge is 2.05. The third kappa shape index (κ3) is 0.526. The quantitative estimate of drug-likeness (QED) is 0.302. The Bertz CT molecular complexity index is 71.2. The molecule has 0 amide bonds. The molecule has 4 nitrogen and oxygen atoms in total. The van der Waals surface area contributed by atoms with E-state index >= 15 is 0 Å². The van der Waals surface area contributed by atoms with Gasteiger partial charge in [0.1, 0.15) is 6.54 Å². The largest absolute Gasteiger partial charge is 0.550 e. The third-order valence-corrected chi connectivity index (χ3v) is 0.554. The maximum atomic E-state index is 9.90. The topological polar surface area (TPSA) is 53.7 Å². The summed E-state index contributed by atoms with van der Waals surface area (Å²) < 4.78 is 0. The van der Waals surface area contributed by atoms with E-state index in [0.29, 0.717) is 18.3 Å². The standard InChI is InChI=1S/C2H4N3O/c6-5-2-1-3-4-5/h1-2H2. The summed E-state index contributed by atoms with van der Waals surface area (Å²) >= 11 is 0. The molecule has 1 aliphatic heterocycles. The zero-order valence-electron chi connectivity index (χ0n) is 3.16. The van der Waals surface area contributed by atoms with Crippen molar-refractivity contribution in [3.05, 3.63) is 5.21 Å². The van der Waals surface area contributed by atoms with E-state index in [0.717, 1.165) is 0 Å². The lowest BCUT2D eigenvalue weighted by Gasteiger charge is -1.90. The van der Waals surface area contributed by atoms with E-state index in [1.54, 1.807) is 0 Å². The van der Waals surface area contributed by atoms with Crippen LogP contribution >= 0.6 is 0 Å². The van der Waals surface area contributed by atoms with Gasteiger partial charge in [-0.3, -0.25) is 0 Å². The molecule has 1 rings (SSSR count). The summed E-state index contributed by atoms with van der Waals surface area (Å²) in [6.45, 7) is 0.990. The molecular formula is C2H4N3O. The van der Waals surface area contributed by atoms with Crippen LogP contribution in [0.3, 0.4) is 0 Å². The van der Waals surface area contributed by atoms with Crippen LogP contribution in [-0.4, -0.2) is 13.1 Å². The van der Waals surface area contributed by atoms with E-state index in [-0.39, 0.29) is 0 Å². The summed E-state index contributed by atoms with van der Waals surface area (Å²) in [5, 5.41) is 17.0. The second-order valence-electron chi connectivity index (χ2n) is 1.03. The Morgan fingerprint density at radius 2 is 2.50 bits per heavy atom. The lowest BCUT2D eigenvalue weighted by Crippen LogP contribution is -2.11. The van der Waals surface area contributed by atoms with Crippen molar-refractivity contribution in [2.24, 2.45) is 10.3 Å². The number of nitrogens with zero attached hydrogens (tertiary/aromatic N) is 3. The summed E-state index contributed by atoms with van der Waals surface area (Å²) in [5.74, 6) is 0. The molecule has 1 heterocycles. The van der Waals surface area contributed by atoms with Gasteiger partial charge in [-0.2, -0.15) is 0 Å². The second-order valence-corrected chi connectivity index (χ2v) is 1.03. The second kappa shape index (κ2) is 1.32. The summed E-state index contributed by atoms with van der Waals surface area (Å²) in [6, 6.07) is 0. The minimum absolute atomic E-state index is 0.431. The molecule has 0 aromatic rings. The maximum absolute atomic E-state index is 9.90. The van der Waals surface area contributed by atoms with Crippen molar-refractivity contribution >= 4 is 0 Å². The van der Waals surface area contributed by atoms with Gasteiger partial charge in [0.15, 0.2) is 6.54 Å². The van der Waals surface area contributed by atoms with Gasteiger partial charge >= 0.3 is 0 Å². The van der Waals surface area contributed by atoms with E-state index in [1.807, 2.05) is 0 Å². The van der Waals surface area contributed by atoms with Crippen LogP contribution in [0.15, 0.2) is 10.3 Å². The van der Waals surface area contributed by atoms with E-state index in [4.69, 9.17) is 0 Å². The molecule has 0 aliphatic carbocycles. The van der Waals surface area contributed by atoms with Gasteiger partial charge in [-0.1, -0.05) is 0 Å². The molecule has 6 heavy (non-hydrogen) atoms. The van der Waals surface area contributed by atoms with E-state index in [2.05, 4.69) is 10.3 Å². The zero-order chi connectivity index (χ0) is 4.41. The van der Waals surface area contributed by atoms with Crippen LogP contribution < -0.4 is 5.17 Å². The molecule has 0 saturated heterocycles. The number of hydrogen-bond donors (Lipinski definition) is 0. The number of hydrogen-bond acceptors (Lipinski definition) is 4.